The summed E-state index contributed by atoms with van der Waals surface area (Å²) >= 11 is 9.24. The minimum atomic E-state index is -0.286. The minimum absolute atomic E-state index is 0.286. The molecule has 0 atom stereocenters. The molecule has 0 radical (unpaired) electrons. The Hall–Kier alpha value is -1.69. The summed E-state index contributed by atoms with van der Waals surface area (Å²) in [5.74, 6) is -0.286. The number of benzene rings is 1. The molecule has 2 aromatic heterocycles. The lowest BCUT2D eigenvalue weighted by Crippen LogP contribution is -2.16. The number of hydrazone groups is 1. The van der Waals surface area contributed by atoms with Crippen LogP contribution in [0.2, 0.25) is 5.02 Å². The van der Waals surface area contributed by atoms with E-state index >= 15 is 0 Å². The molecule has 0 saturated heterocycles. The molecule has 3 nitrogen and oxygen atoms in total. The fourth-order valence-corrected chi connectivity index (χ4v) is 4.04. The van der Waals surface area contributed by atoms with Gasteiger partial charge in [0.15, 0.2) is 0 Å². The zero-order valence-corrected chi connectivity index (χ0v) is 13.5. The average Bonchev–Trinajstić information content (AvgIpc) is 3.03. The van der Waals surface area contributed by atoms with Gasteiger partial charge in [0.25, 0.3) is 5.91 Å². The number of carbonyl (C=O) groups is 1. The fraction of sp³-hybridized carbons (Fsp3) is 0.0667. The number of fused-ring (bicyclic) bond motifs is 1. The van der Waals surface area contributed by atoms with Gasteiger partial charge < -0.3 is 0 Å². The maximum Gasteiger partial charge on any atom is 0.283 e. The van der Waals surface area contributed by atoms with Gasteiger partial charge >= 0.3 is 0 Å². The number of nitrogens with zero attached hydrogens (tertiary/aromatic N) is 1. The van der Waals surface area contributed by atoms with Crippen LogP contribution in [-0.4, -0.2) is 12.1 Å². The lowest BCUT2D eigenvalue weighted by molar-refractivity contribution is 0.0959. The molecule has 0 spiro atoms. The molecular weight excluding hydrogens is 324 g/mol. The Morgan fingerprint density at radius 2 is 2.05 bits per heavy atom. The van der Waals surface area contributed by atoms with Crippen LogP contribution in [-0.2, 0) is 0 Å². The van der Waals surface area contributed by atoms with Gasteiger partial charge in [-0.25, -0.2) is 5.43 Å². The Morgan fingerprint density at radius 1 is 1.24 bits per heavy atom. The van der Waals surface area contributed by atoms with Crippen molar-refractivity contribution in [3.05, 3.63) is 56.1 Å². The van der Waals surface area contributed by atoms with E-state index in [0.29, 0.717) is 9.90 Å². The summed E-state index contributed by atoms with van der Waals surface area (Å²) in [6, 6.07) is 11.6. The van der Waals surface area contributed by atoms with Crippen LogP contribution in [0.1, 0.15) is 19.4 Å². The number of amides is 1. The molecule has 0 fully saturated rings. The maximum atomic E-state index is 12.1. The first-order chi connectivity index (χ1) is 10.1. The number of halogens is 1. The summed E-state index contributed by atoms with van der Waals surface area (Å²) < 4.78 is 0.991. The van der Waals surface area contributed by atoms with Crippen LogP contribution >= 0.6 is 34.3 Å². The molecule has 0 aliphatic carbocycles. The molecule has 21 heavy (non-hydrogen) atoms. The van der Waals surface area contributed by atoms with Gasteiger partial charge in [0, 0.05) is 19.8 Å². The van der Waals surface area contributed by atoms with Crippen molar-refractivity contribution in [2.45, 2.75) is 6.92 Å². The Labute approximate surface area is 134 Å². The van der Waals surface area contributed by atoms with E-state index in [1.54, 1.807) is 17.6 Å². The zero-order chi connectivity index (χ0) is 14.8. The van der Waals surface area contributed by atoms with Crippen molar-refractivity contribution in [2.75, 3.05) is 0 Å². The second kappa shape index (κ2) is 5.97. The summed E-state index contributed by atoms with van der Waals surface area (Å²) in [6.45, 7) is 2.03. The molecule has 1 amide bonds. The highest BCUT2D eigenvalue weighted by Gasteiger charge is 2.16. The molecule has 3 rings (SSSR count). The quantitative estimate of drug-likeness (QED) is 0.548. The second-order valence-electron chi connectivity index (χ2n) is 4.39. The Kier molecular flexibility index (Phi) is 4.05. The molecule has 6 heteroatoms. The molecule has 106 valence electrons. The van der Waals surface area contributed by atoms with E-state index in [0.717, 1.165) is 15.0 Å². The molecule has 0 aliphatic heterocycles. The van der Waals surface area contributed by atoms with Crippen LogP contribution in [0.15, 0.2) is 41.5 Å². The predicted molar refractivity (Wildman–Crippen MR) is 91.0 cm³/mol. The third-order valence-electron chi connectivity index (χ3n) is 2.86. The van der Waals surface area contributed by atoms with Crippen molar-refractivity contribution in [3.63, 3.8) is 0 Å². The van der Waals surface area contributed by atoms with Crippen LogP contribution in [0.4, 0.5) is 0 Å². The van der Waals surface area contributed by atoms with E-state index in [9.17, 15) is 4.79 Å². The fourth-order valence-electron chi connectivity index (χ4n) is 1.89. The van der Waals surface area contributed by atoms with Crippen LogP contribution in [0.5, 0.6) is 0 Å². The highest BCUT2D eigenvalue weighted by atomic mass is 35.5. The molecule has 2 heterocycles. The molecule has 0 saturated carbocycles. The number of carbonyl (C=O) groups excluding carboxylic acids is 1. The van der Waals surface area contributed by atoms with Gasteiger partial charge in [-0.2, -0.15) is 5.10 Å². The lowest BCUT2D eigenvalue weighted by atomic mass is 10.2. The van der Waals surface area contributed by atoms with Crippen molar-refractivity contribution in [2.24, 2.45) is 5.10 Å². The first-order valence-electron chi connectivity index (χ1n) is 6.22. The van der Waals surface area contributed by atoms with Gasteiger partial charge in [0.1, 0.15) is 4.88 Å². The maximum absolute atomic E-state index is 12.1. The van der Waals surface area contributed by atoms with Crippen molar-refractivity contribution < 1.29 is 4.79 Å². The number of hydrogen-bond donors (Lipinski definition) is 1. The van der Waals surface area contributed by atoms with Crippen LogP contribution in [0.3, 0.4) is 0 Å². The number of nitrogens with one attached hydrogen (secondary N) is 1. The topological polar surface area (TPSA) is 41.5 Å². The molecule has 0 aliphatic rings. The molecule has 0 unspecified atom stereocenters. The largest absolute Gasteiger partial charge is 0.283 e. The van der Waals surface area contributed by atoms with Gasteiger partial charge in [0.2, 0.25) is 0 Å². The van der Waals surface area contributed by atoms with Crippen LogP contribution in [0, 0.1) is 6.92 Å². The number of aryl methyl sites for hydroxylation is 1. The third-order valence-corrected chi connectivity index (χ3v) is 5.47. The van der Waals surface area contributed by atoms with E-state index in [4.69, 9.17) is 11.6 Å². The molecular formula is C15H11ClN2OS2. The molecule has 0 bridgehead atoms. The van der Waals surface area contributed by atoms with Gasteiger partial charge in [0.05, 0.1) is 11.2 Å². The summed E-state index contributed by atoms with van der Waals surface area (Å²) in [4.78, 5) is 14.8. The van der Waals surface area contributed by atoms with Crippen molar-refractivity contribution in [1.82, 2.24) is 5.43 Å². The first kappa shape index (κ1) is 14.3. The van der Waals surface area contributed by atoms with E-state index < -0.39 is 0 Å². The van der Waals surface area contributed by atoms with Crippen molar-refractivity contribution in [1.29, 1.82) is 0 Å². The zero-order valence-electron chi connectivity index (χ0n) is 11.1. The molecule has 1 N–H and O–H groups in total. The van der Waals surface area contributed by atoms with Gasteiger partial charge in [-0.1, -0.05) is 29.8 Å². The number of thiophene rings is 2. The Morgan fingerprint density at radius 3 is 2.76 bits per heavy atom. The first-order valence-corrected chi connectivity index (χ1v) is 8.23. The summed E-state index contributed by atoms with van der Waals surface area (Å²) in [5, 5.41) is 5.35. The Balaban J connectivity index is 1.78. The van der Waals surface area contributed by atoms with E-state index in [1.807, 2.05) is 43.3 Å². The molecule has 1 aromatic carbocycles. The predicted octanol–water partition coefficient (Wildman–Crippen LogP) is 4.69. The van der Waals surface area contributed by atoms with Gasteiger partial charge in [-0.05, 0) is 25.1 Å². The van der Waals surface area contributed by atoms with E-state index in [-0.39, 0.29) is 5.91 Å². The average molecular weight is 335 g/mol. The third kappa shape index (κ3) is 3.00. The van der Waals surface area contributed by atoms with Crippen LogP contribution in [0.25, 0.3) is 10.1 Å². The highest BCUT2D eigenvalue weighted by Crippen LogP contribution is 2.34. The van der Waals surface area contributed by atoms with Crippen molar-refractivity contribution in [3.8, 4) is 0 Å². The van der Waals surface area contributed by atoms with Gasteiger partial charge in [-0.15, -0.1) is 22.7 Å². The number of rotatable bonds is 3. The summed E-state index contributed by atoms with van der Waals surface area (Å²) in [6.07, 6.45) is 1.64. The monoisotopic (exact) mass is 334 g/mol. The second-order valence-corrected chi connectivity index (χ2v) is 7.14. The minimum Gasteiger partial charge on any atom is -0.266 e. The number of hydrogen-bond acceptors (Lipinski definition) is 4. The lowest BCUT2D eigenvalue weighted by Gasteiger charge is -1.96. The molecule has 3 aromatic rings. The normalized spacial score (nSPS) is 11.3. The van der Waals surface area contributed by atoms with E-state index in [1.165, 1.54) is 16.2 Å². The van der Waals surface area contributed by atoms with Crippen LogP contribution < -0.4 is 5.43 Å². The Bertz CT molecular complexity index is 835. The smallest absolute Gasteiger partial charge is 0.266 e. The summed E-state index contributed by atoms with van der Waals surface area (Å²) in [7, 11) is 0. The van der Waals surface area contributed by atoms with Gasteiger partial charge in [-0.3, -0.25) is 4.79 Å². The standard InChI is InChI=1S/C15H11ClN2OS2/c1-9-6-7-10(20-9)8-17-18-15(19)14-13(16)11-4-2-3-5-12(11)21-14/h2-8H,1H3,(H,18,19). The highest BCUT2D eigenvalue weighted by molar-refractivity contribution is 7.21. The summed E-state index contributed by atoms with van der Waals surface area (Å²) in [5.41, 5.74) is 2.52. The van der Waals surface area contributed by atoms with E-state index in [2.05, 4.69) is 10.5 Å². The van der Waals surface area contributed by atoms with Crippen molar-refractivity contribution >= 4 is 56.5 Å². The SMILES string of the molecule is Cc1ccc(C=NNC(=O)c2sc3ccccc3c2Cl)s1.